The lowest BCUT2D eigenvalue weighted by atomic mass is 10.0. The molecule has 2 aromatic rings. The van der Waals surface area contributed by atoms with Gasteiger partial charge in [0.1, 0.15) is 5.82 Å². The summed E-state index contributed by atoms with van der Waals surface area (Å²) in [5.41, 5.74) is 2.89. The number of piperidine rings is 1. The summed E-state index contributed by atoms with van der Waals surface area (Å²) in [7, 11) is 1.71. The van der Waals surface area contributed by atoms with E-state index in [2.05, 4.69) is 16.0 Å². The van der Waals surface area contributed by atoms with Gasteiger partial charge in [-0.1, -0.05) is 0 Å². The van der Waals surface area contributed by atoms with Crippen LogP contribution in [0.25, 0.3) is 10.9 Å². The minimum Gasteiger partial charge on any atom is -0.385 e. The van der Waals surface area contributed by atoms with Gasteiger partial charge in [-0.05, 0) is 50.5 Å². The predicted molar refractivity (Wildman–Crippen MR) is 94.1 cm³/mol. The third kappa shape index (κ3) is 4.02. The quantitative estimate of drug-likeness (QED) is 0.756. The van der Waals surface area contributed by atoms with Crippen LogP contribution in [-0.4, -0.2) is 44.5 Å². The molecule has 24 heavy (non-hydrogen) atoms. The zero-order chi connectivity index (χ0) is 16.9. The summed E-state index contributed by atoms with van der Waals surface area (Å²) < 4.78 is 24.6. The fourth-order valence-corrected chi connectivity index (χ4v) is 3.29. The molecule has 130 valence electrons. The first-order valence-electron chi connectivity index (χ1n) is 8.60. The summed E-state index contributed by atoms with van der Waals surface area (Å²) in [6.07, 6.45) is 3.23. The van der Waals surface area contributed by atoms with E-state index in [0.717, 1.165) is 67.8 Å². The number of ether oxygens (including phenoxy) is 2. The molecule has 4 nitrogen and oxygen atoms in total. The van der Waals surface area contributed by atoms with Crippen molar-refractivity contribution in [3.8, 4) is 0 Å². The number of aromatic nitrogens is 1. The number of anilines is 1. The van der Waals surface area contributed by atoms with Crippen LogP contribution in [0.4, 0.5) is 10.1 Å². The first-order chi connectivity index (χ1) is 11.7. The van der Waals surface area contributed by atoms with Gasteiger partial charge in [0.2, 0.25) is 0 Å². The Morgan fingerprint density at radius 2 is 2.00 bits per heavy atom. The first kappa shape index (κ1) is 17.1. The highest BCUT2D eigenvalue weighted by molar-refractivity contribution is 5.92. The van der Waals surface area contributed by atoms with E-state index in [1.54, 1.807) is 19.2 Å². The molecule has 1 aromatic heterocycles. The largest absolute Gasteiger partial charge is 0.385 e. The van der Waals surface area contributed by atoms with Gasteiger partial charge >= 0.3 is 0 Å². The molecule has 3 rings (SSSR count). The van der Waals surface area contributed by atoms with Gasteiger partial charge in [0.05, 0.1) is 11.6 Å². The predicted octanol–water partition coefficient (Wildman–Crippen LogP) is 3.70. The molecule has 0 aliphatic carbocycles. The van der Waals surface area contributed by atoms with Crippen LogP contribution in [0, 0.1) is 12.7 Å². The Morgan fingerprint density at radius 3 is 2.75 bits per heavy atom. The molecule has 1 saturated heterocycles. The van der Waals surface area contributed by atoms with Gasteiger partial charge in [0, 0.05) is 50.2 Å². The summed E-state index contributed by atoms with van der Waals surface area (Å²) in [4.78, 5) is 6.84. The van der Waals surface area contributed by atoms with Gasteiger partial charge in [0.25, 0.3) is 0 Å². The lowest BCUT2D eigenvalue weighted by Gasteiger charge is -2.34. The Labute approximate surface area is 142 Å². The summed E-state index contributed by atoms with van der Waals surface area (Å²) >= 11 is 0. The third-order valence-corrected chi connectivity index (χ3v) is 4.51. The SMILES string of the molecule is COCCCOC1CCN(c2cc(C)nc3ccc(F)cc23)CC1. The summed E-state index contributed by atoms with van der Waals surface area (Å²) in [6, 6.07) is 6.87. The van der Waals surface area contributed by atoms with Crippen LogP contribution in [0.1, 0.15) is 25.0 Å². The van der Waals surface area contributed by atoms with Gasteiger partial charge in [-0.3, -0.25) is 4.98 Å². The van der Waals surface area contributed by atoms with Crippen molar-refractivity contribution in [1.29, 1.82) is 0 Å². The minimum atomic E-state index is -0.217. The Kier molecular flexibility index (Phi) is 5.63. The number of fused-ring (bicyclic) bond motifs is 1. The fourth-order valence-electron chi connectivity index (χ4n) is 3.29. The van der Waals surface area contributed by atoms with Gasteiger partial charge in [-0.25, -0.2) is 4.39 Å². The number of nitrogens with zero attached hydrogens (tertiary/aromatic N) is 2. The second kappa shape index (κ2) is 7.90. The average molecular weight is 332 g/mol. The average Bonchev–Trinajstić information content (AvgIpc) is 2.59. The topological polar surface area (TPSA) is 34.6 Å². The van der Waals surface area contributed by atoms with E-state index in [9.17, 15) is 4.39 Å². The molecule has 1 aliphatic heterocycles. The molecule has 1 aromatic carbocycles. The number of rotatable bonds is 6. The zero-order valence-corrected chi connectivity index (χ0v) is 14.4. The van der Waals surface area contributed by atoms with Crippen LogP contribution in [0.15, 0.2) is 24.3 Å². The maximum Gasteiger partial charge on any atom is 0.124 e. The molecular formula is C19H25FN2O2. The van der Waals surface area contributed by atoms with Gasteiger partial charge < -0.3 is 14.4 Å². The number of benzene rings is 1. The minimum absolute atomic E-state index is 0.217. The Balaban J connectivity index is 1.68. The standard InChI is InChI=1S/C19H25FN2O2/c1-14-12-19(17-13-15(20)4-5-18(17)21-14)22-8-6-16(7-9-22)24-11-3-10-23-2/h4-5,12-13,16H,3,6-11H2,1-2H3. The van der Waals surface area contributed by atoms with Crippen molar-refractivity contribution in [2.75, 3.05) is 38.3 Å². The maximum absolute atomic E-state index is 13.7. The molecule has 0 saturated carbocycles. The number of halogens is 1. The smallest absolute Gasteiger partial charge is 0.124 e. The van der Waals surface area contributed by atoms with Crippen molar-refractivity contribution in [3.05, 3.63) is 35.8 Å². The van der Waals surface area contributed by atoms with Crippen LogP contribution >= 0.6 is 0 Å². The van der Waals surface area contributed by atoms with E-state index in [0.29, 0.717) is 6.10 Å². The van der Waals surface area contributed by atoms with Crippen molar-refractivity contribution in [2.45, 2.75) is 32.3 Å². The molecule has 5 heteroatoms. The summed E-state index contributed by atoms with van der Waals surface area (Å²) in [6.45, 7) is 5.32. The number of hydrogen-bond donors (Lipinski definition) is 0. The monoisotopic (exact) mass is 332 g/mol. The third-order valence-electron chi connectivity index (χ3n) is 4.51. The van der Waals surface area contributed by atoms with Crippen LogP contribution in [0.5, 0.6) is 0 Å². The molecule has 0 radical (unpaired) electrons. The van der Waals surface area contributed by atoms with Crippen molar-refractivity contribution in [2.24, 2.45) is 0 Å². The van der Waals surface area contributed by atoms with Gasteiger partial charge in [0.15, 0.2) is 0 Å². The summed E-state index contributed by atoms with van der Waals surface area (Å²) in [5, 5.41) is 0.889. The lowest BCUT2D eigenvalue weighted by molar-refractivity contribution is 0.0258. The highest BCUT2D eigenvalue weighted by atomic mass is 19.1. The molecule has 0 amide bonds. The van der Waals surface area contributed by atoms with Crippen LogP contribution in [0.2, 0.25) is 0 Å². The fraction of sp³-hybridized carbons (Fsp3) is 0.526. The van der Waals surface area contributed by atoms with Crippen molar-refractivity contribution in [3.63, 3.8) is 0 Å². The number of pyridine rings is 1. The molecule has 0 N–H and O–H groups in total. The molecule has 0 atom stereocenters. The van der Waals surface area contributed by atoms with Crippen LogP contribution in [0.3, 0.4) is 0 Å². The second-order valence-corrected chi connectivity index (χ2v) is 6.35. The lowest BCUT2D eigenvalue weighted by Crippen LogP contribution is -2.37. The number of methoxy groups -OCH3 is 1. The van der Waals surface area contributed by atoms with Crippen molar-refractivity contribution in [1.82, 2.24) is 4.98 Å². The summed E-state index contributed by atoms with van der Waals surface area (Å²) in [5.74, 6) is -0.217. The molecule has 0 bridgehead atoms. The molecule has 1 fully saturated rings. The van der Waals surface area contributed by atoms with E-state index in [1.807, 2.05) is 6.92 Å². The van der Waals surface area contributed by atoms with Crippen LogP contribution < -0.4 is 4.90 Å². The molecule has 0 unspecified atom stereocenters. The Morgan fingerprint density at radius 1 is 1.21 bits per heavy atom. The van der Waals surface area contributed by atoms with Crippen LogP contribution in [-0.2, 0) is 9.47 Å². The Hall–Kier alpha value is -1.72. The van der Waals surface area contributed by atoms with Crippen molar-refractivity contribution >= 4 is 16.6 Å². The molecule has 2 heterocycles. The highest BCUT2D eigenvalue weighted by Crippen LogP contribution is 2.30. The second-order valence-electron chi connectivity index (χ2n) is 6.35. The zero-order valence-electron chi connectivity index (χ0n) is 14.4. The van der Waals surface area contributed by atoms with Gasteiger partial charge in [-0.2, -0.15) is 0 Å². The van der Waals surface area contributed by atoms with Gasteiger partial charge in [-0.15, -0.1) is 0 Å². The molecular weight excluding hydrogens is 307 g/mol. The van der Waals surface area contributed by atoms with E-state index >= 15 is 0 Å². The highest BCUT2D eigenvalue weighted by Gasteiger charge is 2.21. The van der Waals surface area contributed by atoms with E-state index in [4.69, 9.17) is 9.47 Å². The van der Waals surface area contributed by atoms with E-state index in [-0.39, 0.29) is 5.82 Å². The maximum atomic E-state index is 13.7. The number of hydrogen-bond acceptors (Lipinski definition) is 4. The van der Waals surface area contributed by atoms with E-state index in [1.165, 1.54) is 6.07 Å². The molecule has 0 spiro atoms. The first-order valence-corrected chi connectivity index (χ1v) is 8.60. The normalized spacial score (nSPS) is 16.0. The van der Waals surface area contributed by atoms with Crippen molar-refractivity contribution < 1.29 is 13.9 Å². The Bertz CT molecular complexity index is 684. The molecule has 1 aliphatic rings. The van der Waals surface area contributed by atoms with E-state index < -0.39 is 0 Å². The number of aryl methyl sites for hydroxylation is 1.